The second-order valence-corrected chi connectivity index (χ2v) is 6.85. The van der Waals surface area contributed by atoms with Gasteiger partial charge in [0, 0.05) is 36.0 Å². The Morgan fingerprint density at radius 2 is 2.00 bits per heavy atom. The molecule has 1 heterocycles. The average molecular weight is 439 g/mol. The molecule has 1 amide bonds. The lowest BCUT2D eigenvalue weighted by Gasteiger charge is -2.13. The van der Waals surface area contributed by atoms with Gasteiger partial charge < -0.3 is 25.5 Å². The number of nitrogens with zero attached hydrogens (tertiary/aromatic N) is 1. The van der Waals surface area contributed by atoms with Gasteiger partial charge in [-0.15, -0.1) is 0 Å². The number of carbonyl (C=O) groups excluding carboxylic acids is 1. The number of aromatic nitrogens is 2. The number of benzene rings is 2. The molecule has 2 aromatic carbocycles. The summed E-state index contributed by atoms with van der Waals surface area (Å²) in [7, 11) is 1.47. The lowest BCUT2D eigenvalue weighted by atomic mass is 10.2. The van der Waals surface area contributed by atoms with E-state index in [2.05, 4.69) is 15.3 Å². The van der Waals surface area contributed by atoms with Crippen molar-refractivity contribution in [1.29, 1.82) is 0 Å². The number of carbonyl (C=O) groups is 1. The number of aryl methyl sites for hydroxylation is 1. The molecular formula is C19H17Cl2FN4O3. The first kappa shape index (κ1) is 20.8. The summed E-state index contributed by atoms with van der Waals surface area (Å²) in [4.78, 5) is 18.9. The molecule has 0 aliphatic rings. The number of imidazole rings is 1. The van der Waals surface area contributed by atoms with Crippen LogP contribution >= 0.6 is 23.2 Å². The Morgan fingerprint density at radius 1 is 1.28 bits per heavy atom. The number of nitrogens with one attached hydrogen (secondary N) is 2. The minimum atomic E-state index is -0.719. The van der Waals surface area contributed by atoms with Gasteiger partial charge in [-0.25, -0.2) is 9.37 Å². The minimum Gasteiger partial charge on any atom is -0.497 e. The monoisotopic (exact) mass is 438 g/mol. The molecule has 0 spiro atoms. The third kappa shape index (κ3) is 4.72. The van der Waals surface area contributed by atoms with Crippen molar-refractivity contribution in [2.45, 2.75) is 13.5 Å². The van der Waals surface area contributed by atoms with Gasteiger partial charge in [-0.2, -0.15) is 0 Å². The summed E-state index contributed by atoms with van der Waals surface area (Å²) in [6, 6.07) is 7.56. The summed E-state index contributed by atoms with van der Waals surface area (Å²) in [5.41, 5.74) is 6.36. The molecule has 0 bridgehead atoms. The number of aromatic amines is 1. The highest BCUT2D eigenvalue weighted by molar-refractivity contribution is 6.32. The maximum absolute atomic E-state index is 15.0. The first-order valence-corrected chi connectivity index (χ1v) is 9.13. The third-order valence-electron chi connectivity index (χ3n) is 3.92. The van der Waals surface area contributed by atoms with Crippen LogP contribution in [0.15, 0.2) is 30.3 Å². The summed E-state index contributed by atoms with van der Waals surface area (Å²) in [6.45, 7) is 1.54. The van der Waals surface area contributed by atoms with E-state index in [4.69, 9.17) is 38.4 Å². The molecule has 3 rings (SSSR count). The van der Waals surface area contributed by atoms with Gasteiger partial charge in [0.15, 0.2) is 17.3 Å². The van der Waals surface area contributed by atoms with Crippen LogP contribution in [0.4, 0.5) is 10.1 Å². The number of halogens is 3. The fourth-order valence-electron chi connectivity index (χ4n) is 2.56. The van der Waals surface area contributed by atoms with Crippen molar-refractivity contribution in [3.63, 3.8) is 0 Å². The van der Waals surface area contributed by atoms with E-state index in [-0.39, 0.29) is 39.5 Å². The van der Waals surface area contributed by atoms with Crippen LogP contribution in [0.25, 0.3) is 0 Å². The second kappa shape index (κ2) is 8.59. The Kier molecular flexibility index (Phi) is 6.14. The molecule has 0 fully saturated rings. The minimum absolute atomic E-state index is 0.0295. The predicted molar refractivity (Wildman–Crippen MR) is 108 cm³/mol. The Balaban J connectivity index is 1.81. The van der Waals surface area contributed by atoms with Gasteiger partial charge in [-0.1, -0.05) is 29.3 Å². The predicted octanol–water partition coefficient (Wildman–Crippen LogP) is 4.48. The highest BCUT2D eigenvalue weighted by Crippen LogP contribution is 2.36. The number of nitrogens with two attached hydrogens (primary N) is 1. The Labute approximate surface area is 175 Å². The van der Waals surface area contributed by atoms with Crippen LogP contribution in [0.5, 0.6) is 17.2 Å². The summed E-state index contributed by atoms with van der Waals surface area (Å²) >= 11 is 12.0. The van der Waals surface area contributed by atoms with E-state index in [0.29, 0.717) is 17.3 Å². The van der Waals surface area contributed by atoms with Gasteiger partial charge in [-0.3, -0.25) is 4.79 Å². The smallest absolute Gasteiger partial charge is 0.273 e. The molecule has 0 atom stereocenters. The van der Waals surface area contributed by atoms with Crippen molar-refractivity contribution in [1.82, 2.24) is 15.3 Å². The summed E-state index contributed by atoms with van der Waals surface area (Å²) in [5, 5.41) is 2.73. The number of hydrogen-bond donors (Lipinski definition) is 3. The van der Waals surface area contributed by atoms with Crippen molar-refractivity contribution < 1.29 is 18.7 Å². The topological polar surface area (TPSA) is 102 Å². The first-order valence-electron chi connectivity index (χ1n) is 8.38. The van der Waals surface area contributed by atoms with E-state index in [9.17, 15) is 9.18 Å². The van der Waals surface area contributed by atoms with Gasteiger partial charge in [0.2, 0.25) is 0 Å². The highest BCUT2D eigenvalue weighted by atomic mass is 35.5. The van der Waals surface area contributed by atoms with E-state index in [1.54, 1.807) is 19.1 Å². The van der Waals surface area contributed by atoms with Crippen LogP contribution in [-0.4, -0.2) is 23.0 Å². The summed E-state index contributed by atoms with van der Waals surface area (Å²) in [5.74, 6) is -0.264. The number of methoxy groups -OCH3 is 1. The second-order valence-electron chi connectivity index (χ2n) is 6.06. The van der Waals surface area contributed by atoms with Crippen LogP contribution < -0.4 is 20.5 Å². The SMILES string of the molecule is COc1cc(N)cc(Oc2c(Cl)ccc(CNC(=O)c3nc(C)[nH]c3Cl)c2F)c1. The van der Waals surface area contributed by atoms with Crippen LogP contribution in [0.1, 0.15) is 21.9 Å². The summed E-state index contributed by atoms with van der Waals surface area (Å²) < 4.78 is 25.7. The van der Waals surface area contributed by atoms with Gasteiger partial charge in [-0.05, 0) is 13.0 Å². The zero-order chi connectivity index (χ0) is 21.1. The van der Waals surface area contributed by atoms with Gasteiger partial charge in [0.05, 0.1) is 12.1 Å². The van der Waals surface area contributed by atoms with Crippen molar-refractivity contribution in [2.24, 2.45) is 0 Å². The zero-order valence-corrected chi connectivity index (χ0v) is 17.0. The number of rotatable bonds is 6. The molecule has 0 radical (unpaired) electrons. The standard InChI is InChI=1S/C19H17Cl2FN4O3/c1-9-25-16(18(21)26-9)19(27)24-8-10-3-4-14(20)17(15(10)22)29-13-6-11(23)5-12(7-13)28-2/h3-7H,8,23H2,1-2H3,(H,24,27)(H,25,26). The molecular weight excluding hydrogens is 422 g/mol. The van der Waals surface area contributed by atoms with Crippen molar-refractivity contribution >= 4 is 34.8 Å². The molecule has 3 aromatic rings. The lowest BCUT2D eigenvalue weighted by Crippen LogP contribution is -2.24. The average Bonchev–Trinajstić information content (AvgIpc) is 3.02. The highest BCUT2D eigenvalue weighted by Gasteiger charge is 2.18. The fraction of sp³-hybridized carbons (Fsp3) is 0.158. The molecule has 1 aromatic heterocycles. The number of H-pyrrole nitrogens is 1. The Bertz CT molecular complexity index is 1070. The van der Waals surface area contributed by atoms with E-state index >= 15 is 0 Å². The van der Waals surface area contributed by atoms with Gasteiger partial charge in [0.1, 0.15) is 22.5 Å². The van der Waals surface area contributed by atoms with E-state index in [0.717, 1.165) is 0 Å². The molecule has 0 unspecified atom stereocenters. The first-order chi connectivity index (χ1) is 13.8. The lowest BCUT2D eigenvalue weighted by molar-refractivity contribution is 0.0946. The van der Waals surface area contributed by atoms with Crippen LogP contribution in [0.3, 0.4) is 0 Å². The molecule has 10 heteroatoms. The third-order valence-corrected chi connectivity index (χ3v) is 4.49. The summed E-state index contributed by atoms with van der Waals surface area (Å²) in [6.07, 6.45) is 0. The Hall–Kier alpha value is -2.97. The van der Waals surface area contributed by atoms with E-state index in [1.165, 1.54) is 25.3 Å². The van der Waals surface area contributed by atoms with E-state index in [1.807, 2.05) is 0 Å². The quantitative estimate of drug-likeness (QED) is 0.492. The molecule has 152 valence electrons. The molecule has 0 aliphatic carbocycles. The number of ether oxygens (including phenoxy) is 2. The van der Waals surface area contributed by atoms with Gasteiger partial charge in [0.25, 0.3) is 5.91 Å². The fourth-order valence-corrected chi connectivity index (χ4v) is 3.01. The molecule has 7 nitrogen and oxygen atoms in total. The number of amides is 1. The van der Waals surface area contributed by atoms with Crippen molar-refractivity contribution in [3.8, 4) is 17.2 Å². The molecule has 29 heavy (non-hydrogen) atoms. The van der Waals surface area contributed by atoms with Crippen LogP contribution in [0, 0.1) is 12.7 Å². The Morgan fingerprint density at radius 3 is 2.66 bits per heavy atom. The maximum atomic E-state index is 15.0. The van der Waals surface area contributed by atoms with Crippen LogP contribution in [0.2, 0.25) is 10.2 Å². The molecule has 0 saturated heterocycles. The zero-order valence-electron chi connectivity index (χ0n) is 15.5. The number of nitrogen functional groups attached to an aromatic ring is 1. The molecule has 4 N–H and O–H groups in total. The van der Waals surface area contributed by atoms with Crippen molar-refractivity contribution in [3.05, 3.63) is 63.4 Å². The largest absolute Gasteiger partial charge is 0.497 e. The van der Waals surface area contributed by atoms with Crippen molar-refractivity contribution in [2.75, 3.05) is 12.8 Å². The number of hydrogen-bond acceptors (Lipinski definition) is 5. The van der Waals surface area contributed by atoms with Crippen LogP contribution in [-0.2, 0) is 6.54 Å². The van der Waals surface area contributed by atoms with Gasteiger partial charge >= 0.3 is 0 Å². The number of anilines is 1. The maximum Gasteiger partial charge on any atom is 0.273 e. The van der Waals surface area contributed by atoms with E-state index < -0.39 is 11.7 Å². The molecule has 0 saturated carbocycles. The molecule has 0 aliphatic heterocycles. The normalized spacial score (nSPS) is 10.7.